The van der Waals surface area contributed by atoms with Gasteiger partial charge < -0.3 is 14.8 Å². The van der Waals surface area contributed by atoms with Crippen LogP contribution in [0.1, 0.15) is 24.4 Å². The number of hydrogen-bond acceptors (Lipinski definition) is 4. The zero-order chi connectivity index (χ0) is 17.0. The smallest absolute Gasteiger partial charge is 0.405 e. The molecule has 1 aromatic carbocycles. The first kappa shape index (κ1) is 17.5. The van der Waals surface area contributed by atoms with Crippen LogP contribution in [0.3, 0.4) is 0 Å². The predicted octanol–water partition coefficient (Wildman–Crippen LogP) is 2.96. The average molecular weight is 344 g/mol. The van der Waals surface area contributed by atoms with E-state index in [9.17, 15) is 13.2 Å². The van der Waals surface area contributed by atoms with Gasteiger partial charge in [0.1, 0.15) is 5.75 Å². The zero-order valence-corrected chi connectivity index (χ0v) is 13.5. The Kier molecular flexibility index (Phi) is 5.63. The summed E-state index contributed by atoms with van der Waals surface area (Å²) in [6.07, 6.45) is -2.97. The van der Waals surface area contributed by atoms with E-state index < -0.39 is 6.36 Å². The standard InChI is InChI=1S/C17H23F3N2O2/c18-17(19,20)24-15-4-2-1-3-14(15)16(13-5-11-23-12-6-13)22-9-7-21-8-10-22/h1-4,13,16,21H,5-12H2/t16-/m1/s1. The summed E-state index contributed by atoms with van der Waals surface area (Å²) in [5.74, 6) is 0.190. The summed E-state index contributed by atoms with van der Waals surface area (Å²) in [7, 11) is 0. The molecule has 0 radical (unpaired) electrons. The minimum absolute atomic E-state index is 0.0745. The molecule has 0 saturated carbocycles. The first-order valence-electron chi connectivity index (χ1n) is 8.42. The lowest BCUT2D eigenvalue weighted by Crippen LogP contribution is -2.47. The number of nitrogens with one attached hydrogen (secondary N) is 1. The molecule has 4 nitrogen and oxygen atoms in total. The van der Waals surface area contributed by atoms with Crippen LogP contribution in [0.25, 0.3) is 0 Å². The monoisotopic (exact) mass is 344 g/mol. The molecule has 2 aliphatic rings. The highest BCUT2D eigenvalue weighted by Gasteiger charge is 2.36. The Morgan fingerprint density at radius 1 is 1.12 bits per heavy atom. The fourth-order valence-corrected chi connectivity index (χ4v) is 3.68. The summed E-state index contributed by atoms with van der Waals surface area (Å²) in [6.45, 7) is 4.67. The molecule has 134 valence electrons. The number of nitrogens with zero attached hydrogens (tertiary/aromatic N) is 1. The van der Waals surface area contributed by atoms with E-state index in [4.69, 9.17) is 4.74 Å². The third-order valence-corrected chi connectivity index (χ3v) is 4.72. The van der Waals surface area contributed by atoms with Crippen molar-refractivity contribution in [2.45, 2.75) is 25.2 Å². The number of benzene rings is 1. The summed E-state index contributed by atoms with van der Waals surface area (Å²) in [5, 5.41) is 3.30. The molecule has 0 spiro atoms. The van der Waals surface area contributed by atoms with E-state index in [0.717, 1.165) is 39.0 Å². The molecule has 2 aliphatic heterocycles. The van der Waals surface area contributed by atoms with E-state index in [1.807, 2.05) is 0 Å². The lowest BCUT2D eigenvalue weighted by atomic mass is 9.85. The Morgan fingerprint density at radius 3 is 2.46 bits per heavy atom. The summed E-state index contributed by atoms with van der Waals surface area (Å²) in [4.78, 5) is 2.28. The van der Waals surface area contributed by atoms with Crippen molar-refractivity contribution in [3.8, 4) is 5.75 Å². The van der Waals surface area contributed by atoms with E-state index in [1.54, 1.807) is 18.2 Å². The lowest BCUT2D eigenvalue weighted by molar-refractivity contribution is -0.275. The number of para-hydroxylation sites is 1. The van der Waals surface area contributed by atoms with Gasteiger partial charge >= 0.3 is 6.36 Å². The maximum atomic E-state index is 12.8. The average Bonchev–Trinajstić information content (AvgIpc) is 2.57. The highest BCUT2D eigenvalue weighted by Crippen LogP contribution is 2.40. The Hall–Kier alpha value is -1.31. The molecule has 7 heteroatoms. The molecule has 2 saturated heterocycles. The number of halogens is 3. The molecule has 3 rings (SSSR count). The van der Waals surface area contributed by atoms with Crippen molar-refractivity contribution in [2.75, 3.05) is 39.4 Å². The fourth-order valence-electron chi connectivity index (χ4n) is 3.68. The normalized spacial score (nSPS) is 22.3. The summed E-state index contributed by atoms with van der Waals surface area (Å²) >= 11 is 0. The molecule has 1 aromatic rings. The van der Waals surface area contributed by atoms with Gasteiger partial charge in [0.25, 0.3) is 0 Å². The van der Waals surface area contributed by atoms with Crippen LogP contribution in [0.4, 0.5) is 13.2 Å². The molecule has 2 fully saturated rings. The van der Waals surface area contributed by atoms with E-state index >= 15 is 0 Å². The number of ether oxygens (including phenoxy) is 2. The fraction of sp³-hybridized carbons (Fsp3) is 0.647. The zero-order valence-electron chi connectivity index (χ0n) is 13.5. The Bertz CT molecular complexity index is 509. The highest BCUT2D eigenvalue weighted by atomic mass is 19.4. The van der Waals surface area contributed by atoms with Crippen molar-refractivity contribution < 1.29 is 22.6 Å². The molecule has 0 amide bonds. The first-order valence-corrected chi connectivity index (χ1v) is 8.42. The van der Waals surface area contributed by atoms with E-state index in [1.165, 1.54) is 6.07 Å². The van der Waals surface area contributed by atoms with E-state index in [-0.39, 0.29) is 17.7 Å². The summed E-state index contributed by atoms with van der Waals surface area (Å²) in [6, 6.07) is 6.48. The number of rotatable bonds is 4. The highest BCUT2D eigenvalue weighted by molar-refractivity contribution is 5.37. The van der Waals surface area contributed by atoms with Crippen LogP contribution in [0.2, 0.25) is 0 Å². The summed E-state index contributed by atoms with van der Waals surface area (Å²) < 4.78 is 48.2. The van der Waals surface area contributed by atoms with Crippen molar-refractivity contribution in [1.29, 1.82) is 0 Å². The minimum Gasteiger partial charge on any atom is -0.405 e. The van der Waals surface area contributed by atoms with Crippen LogP contribution in [0.15, 0.2) is 24.3 Å². The molecule has 2 heterocycles. The van der Waals surface area contributed by atoms with Gasteiger partial charge in [-0.2, -0.15) is 0 Å². The van der Waals surface area contributed by atoms with Crippen LogP contribution in [-0.4, -0.2) is 50.7 Å². The van der Waals surface area contributed by atoms with Crippen LogP contribution < -0.4 is 10.1 Å². The molecule has 0 aromatic heterocycles. The molecule has 0 unspecified atom stereocenters. The molecule has 1 atom stereocenters. The lowest BCUT2D eigenvalue weighted by Gasteiger charge is -2.41. The Labute approximate surface area is 139 Å². The molecule has 0 bridgehead atoms. The topological polar surface area (TPSA) is 33.7 Å². The van der Waals surface area contributed by atoms with Gasteiger partial charge in [-0.1, -0.05) is 18.2 Å². The van der Waals surface area contributed by atoms with Crippen LogP contribution in [0.5, 0.6) is 5.75 Å². The number of piperazine rings is 1. The Balaban J connectivity index is 1.92. The second-order valence-electron chi connectivity index (χ2n) is 6.27. The van der Waals surface area contributed by atoms with Gasteiger partial charge in [-0.05, 0) is 24.8 Å². The van der Waals surface area contributed by atoms with Gasteiger partial charge in [0.05, 0.1) is 0 Å². The van der Waals surface area contributed by atoms with Gasteiger partial charge in [-0.15, -0.1) is 13.2 Å². The number of hydrogen-bond donors (Lipinski definition) is 1. The van der Waals surface area contributed by atoms with Crippen LogP contribution in [0, 0.1) is 5.92 Å². The molecule has 0 aliphatic carbocycles. The molecule has 24 heavy (non-hydrogen) atoms. The van der Waals surface area contributed by atoms with Gasteiger partial charge in [-0.25, -0.2) is 0 Å². The van der Waals surface area contributed by atoms with Gasteiger partial charge in [0, 0.05) is 51.0 Å². The third-order valence-electron chi connectivity index (χ3n) is 4.72. The van der Waals surface area contributed by atoms with Crippen molar-refractivity contribution >= 4 is 0 Å². The summed E-state index contributed by atoms with van der Waals surface area (Å²) in [5.41, 5.74) is 0.628. The van der Waals surface area contributed by atoms with Gasteiger partial charge in [0.2, 0.25) is 0 Å². The second kappa shape index (κ2) is 7.72. The van der Waals surface area contributed by atoms with E-state index in [0.29, 0.717) is 18.8 Å². The maximum absolute atomic E-state index is 12.8. The molecule has 1 N–H and O–H groups in total. The quantitative estimate of drug-likeness (QED) is 0.911. The second-order valence-corrected chi connectivity index (χ2v) is 6.27. The largest absolute Gasteiger partial charge is 0.573 e. The SMILES string of the molecule is FC(F)(F)Oc1ccccc1[C@@H](C1CCOCC1)N1CCNCC1. The maximum Gasteiger partial charge on any atom is 0.573 e. The van der Waals surface area contributed by atoms with Crippen molar-refractivity contribution in [3.05, 3.63) is 29.8 Å². The minimum atomic E-state index is -4.68. The van der Waals surface area contributed by atoms with Crippen LogP contribution >= 0.6 is 0 Å². The van der Waals surface area contributed by atoms with Crippen molar-refractivity contribution in [3.63, 3.8) is 0 Å². The predicted molar refractivity (Wildman–Crippen MR) is 83.9 cm³/mol. The third kappa shape index (κ3) is 4.40. The number of alkyl halides is 3. The molecular weight excluding hydrogens is 321 g/mol. The first-order chi connectivity index (χ1) is 11.5. The van der Waals surface area contributed by atoms with Gasteiger partial charge in [0.15, 0.2) is 0 Å². The van der Waals surface area contributed by atoms with Gasteiger partial charge in [-0.3, -0.25) is 4.90 Å². The van der Waals surface area contributed by atoms with Crippen molar-refractivity contribution in [1.82, 2.24) is 10.2 Å². The van der Waals surface area contributed by atoms with Crippen molar-refractivity contribution in [2.24, 2.45) is 5.92 Å². The van der Waals surface area contributed by atoms with E-state index in [2.05, 4.69) is 15.0 Å². The Morgan fingerprint density at radius 2 is 1.79 bits per heavy atom. The molecular formula is C17H23F3N2O2. The van der Waals surface area contributed by atoms with Crippen LogP contribution in [-0.2, 0) is 4.74 Å².